The molecule has 122 valence electrons. The molecule has 5 heteroatoms. The second kappa shape index (κ2) is 8.08. The maximum atomic E-state index is 11.9. The van der Waals surface area contributed by atoms with Gasteiger partial charge in [0.15, 0.2) is 18.1 Å². The summed E-state index contributed by atoms with van der Waals surface area (Å²) in [7, 11) is 3.10. The highest BCUT2D eigenvalue weighted by Crippen LogP contribution is 2.38. The van der Waals surface area contributed by atoms with Crippen molar-refractivity contribution in [2.75, 3.05) is 20.8 Å². The number of benzene rings is 2. The van der Waals surface area contributed by atoms with Gasteiger partial charge in [-0.25, -0.2) is 0 Å². The fraction of sp³-hybridized carbons (Fsp3) is 0.278. The minimum Gasteiger partial charge on any atom is -0.493 e. The number of carbonyl (C=O) groups is 1. The first-order valence-corrected chi connectivity index (χ1v) is 7.30. The Kier molecular flexibility index (Phi) is 5.86. The summed E-state index contributed by atoms with van der Waals surface area (Å²) in [6, 6.07) is 13.4. The lowest BCUT2D eigenvalue weighted by Crippen LogP contribution is -2.28. The molecule has 0 bridgehead atoms. The third-order valence-electron chi connectivity index (χ3n) is 3.29. The molecule has 2 aromatic carbocycles. The highest BCUT2D eigenvalue weighted by Gasteiger charge is 2.14. The molecule has 0 radical (unpaired) electrons. The summed E-state index contributed by atoms with van der Waals surface area (Å²) < 4.78 is 16.2. The number of aryl methyl sites for hydroxylation is 1. The predicted molar refractivity (Wildman–Crippen MR) is 88.1 cm³/mol. The third-order valence-corrected chi connectivity index (χ3v) is 3.29. The Morgan fingerprint density at radius 2 is 1.65 bits per heavy atom. The SMILES string of the molecule is COc1cc(C)cc(OC)c1OCC(=O)NCc1ccccc1. The van der Waals surface area contributed by atoms with E-state index in [2.05, 4.69) is 5.32 Å². The number of methoxy groups -OCH3 is 2. The Hall–Kier alpha value is -2.69. The van der Waals surface area contributed by atoms with Crippen molar-refractivity contribution in [2.24, 2.45) is 0 Å². The van der Waals surface area contributed by atoms with Crippen LogP contribution in [-0.2, 0) is 11.3 Å². The van der Waals surface area contributed by atoms with Crippen molar-refractivity contribution < 1.29 is 19.0 Å². The first kappa shape index (κ1) is 16.7. The van der Waals surface area contributed by atoms with E-state index in [0.717, 1.165) is 11.1 Å². The topological polar surface area (TPSA) is 56.8 Å². The Morgan fingerprint density at radius 1 is 1.04 bits per heavy atom. The lowest BCUT2D eigenvalue weighted by molar-refractivity contribution is -0.123. The molecule has 5 nitrogen and oxygen atoms in total. The van der Waals surface area contributed by atoms with Gasteiger partial charge < -0.3 is 19.5 Å². The van der Waals surface area contributed by atoms with Crippen LogP contribution in [0.5, 0.6) is 17.2 Å². The number of hydrogen-bond donors (Lipinski definition) is 1. The molecule has 23 heavy (non-hydrogen) atoms. The van der Waals surface area contributed by atoms with Gasteiger partial charge in [-0.15, -0.1) is 0 Å². The van der Waals surface area contributed by atoms with Crippen molar-refractivity contribution >= 4 is 5.91 Å². The zero-order chi connectivity index (χ0) is 16.7. The van der Waals surface area contributed by atoms with E-state index in [9.17, 15) is 4.79 Å². The standard InChI is InChI=1S/C18H21NO4/c1-13-9-15(21-2)18(16(10-13)22-3)23-12-17(20)19-11-14-7-5-4-6-8-14/h4-10H,11-12H2,1-3H3,(H,19,20). The summed E-state index contributed by atoms with van der Waals surface area (Å²) in [5.41, 5.74) is 2.02. The van der Waals surface area contributed by atoms with Gasteiger partial charge in [0.2, 0.25) is 5.75 Å². The van der Waals surface area contributed by atoms with Gasteiger partial charge in [-0.05, 0) is 30.2 Å². The number of ether oxygens (including phenoxy) is 3. The van der Waals surface area contributed by atoms with Crippen molar-refractivity contribution in [3.05, 3.63) is 53.6 Å². The molecule has 2 rings (SSSR count). The molecule has 1 N–H and O–H groups in total. The Labute approximate surface area is 136 Å². The van der Waals surface area contributed by atoms with Crippen LogP contribution >= 0.6 is 0 Å². The number of nitrogens with one attached hydrogen (secondary N) is 1. The van der Waals surface area contributed by atoms with Gasteiger partial charge in [0.1, 0.15) is 0 Å². The summed E-state index contributed by atoms with van der Waals surface area (Å²) >= 11 is 0. The number of hydrogen-bond acceptors (Lipinski definition) is 4. The largest absolute Gasteiger partial charge is 0.493 e. The van der Waals surface area contributed by atoms with Gasteiger partial charge in [0, 0.05) is 6.54 Å². The maximum absolute atomic E-state index is 11.9. The van der Waals surface area contributed by atoms with Gasteiger partial charge >= 0.3 is 0 Å². The zero-order valence-corrected chi connectivity index (χ0v) is 13.6. The summed E-state index contributed by atoms with van der Waals surface area (Å²) in [4.78, 5) is 11.9. The molecular formula is C18H21NO4. The van der Waals surface area contributed by atoms with Crippen LogP contribution in [-0.4, -0.2) is 26.7 Å². The average molecular weight is 315 g/mol. The predicted octanol–water partition coefficient (Wildman–Crippen LogP) is 2.71. The van der Waals surface area contributed by atoms with Crippen LogP contribution in [0.1, 0.15) is 11.1 Å². The normalized spacial score (nSPS) is 10.0. The lowest BCUT2D eigenvalue weighted by atomic mass is 10.2. The van der Waals surface area contributed by atoms with Crippen LogP contribution in [0.3, 0.4) is 0 Å². The molecule has 0 saturated carbocycles. The Bertz CT molecular complexity index is 630. The van der Waals surface area contributed by atoms with Crippen LogP contribution in [0, 0.1) is 6.92 Å². The molecular weight excluding hydrogens is 294 g/mol. The van der Waals surface area contributed by atoms with E-state index in [1.807, 2.05) is 49.4 Å². The van der Waals surface area contributed by atoms with Gasteiger partial charge in [-0.3, -0.25) is 4.79 Å². The zero-order valence-electron chi connectivity index (χ0n) is 13.6. The minimum absolute atomic E-state index is 0.109. The quantitative estimate of drug-likeness (QED) is 0.853. The highest BCUT2D eigenvalue weighted by atomic mass is 16.5. The molecule has 0 heterocycles. The van der Waals surface area contributed by atoms with Gasteiger partial charge in [-0.2, -0.15) is 0 Å². The average Bonchev–Trinajstić information content (AvgIpc) is 2.58. The number of carbonyl (C=O) groups excluding carboxylic acids is 1. The molecule has 0 aliphatic heterocycles. The van der Waals surface area contributed by atoms with Gasteiger partial charge in [0.05, 0.1) is 14.2 Å². The highest BCUT2D eigenvalue weighted by molar-refractivity contribution is 5.77. The molecule has 0 spiro atoms. The van der Waals surface area contributed by atoms with E-state index in [0.29, 0.717) is 23.8 Å². The fourth-order valence-corrected chi connectivity index (χ4v) is 2.14. The van der Waals surface area contributed by atoms with E-state index < -0.39 is 0 Å². The monoisotopic (exact) mass is 315 g/mol. The van der Waals surface area contributed by atoms with Crippen molar-refractivity contribution in [1.82, 2.24) is 5.32 Å². The molecule has 0 unspecified atom stereocenters. The first-order valence-electron chi connectivity index (χ1n) is 7.30. The molecule has 2 aromatic rings. The molecule has 0 aliphatic rings. The van der Waals surface area contributed by atoms with E-state index in [1.165, 1.54) is 0 Å². The van der Waals surface area contributed by atoms with E-state index in [1.54, 1.807) is 14.2 Å². The van der Waals surface area contributed by atoms with Crippen molar-refractivity contribution in [3.8, 4) is 17.2 Å². The van der Waals surface area contributed by atoms with Crippen LogP contribution in [0.4, 0.5) is 0 Å². The van der Waals surface area contributed by atoms with Crippen molar-refractivity contribution in [1.29, 1.82) is 0 Å². The summed E-state index contributed by atoms with van der Waals surface area (Å²) in [5.74, 6) is 1.30. The Balaban J connectivity index is 1.96. The number of amides is 1. The third kappa shape index (κ3) is 4.64. The maximum Gasteiger partial charge on any atom is 0.258 e. The number of rotatable bonds is 7. The van der Waals surface area contributed by atoms with Crippen molar-refractivity contribution in [3.63, 3.8) is 0 Å². The summed E-state index contributed by atoms with van der Waals surface area (Å²) in [5, 5.41) is 2.81. The molecule has 0 aliphatic carbocycles. The van der Waals surface area contributed by atoms with Crippen LogP contribution in [0.25, 0.3) is 0 Å². The van der Waals surface area contributed by atoms with E-state index >= 15 is 0 Å². The second-order valence-corrected chi connectivity index (χ2v) is 5.05. The Morgan fingerprint density at radius 3 is 2.22 bits per heavy atom. The first-order chi connectivity index (χ1) is 11.1. The smallest absolute Gasteiger partial charge is 0.258 e. The van der Waals surface area contributed by atoms with Gasteiger partial charge in [0.25, 0.3) is 5.91 Å². The van der Waals surface area contributed by atoms with E-state index in [-0.39, 0.29) is 12.5 Å². The second-order valence-electron chi connectivity index (χ2n) is 5.05. The summed E-state index contributed by atoms with van der Waals surface area (Å²) in [6.07, 6.45) is 0. The van der Waals surface area contributed by atoms with Gasteiger partial charge in [-0.1, -0.05) is 30.3 Å². The lowest BCUT2D eigenvalue weighted by Gasteiger charge is -2.15. The minimum atomic E-state index is -0.210. The molecule has 0 atom stereocenters. The molecule has 1 amide bonds. The van der Waals surface area contributed by atoms with Crippen LogP contribution in [0.15, 0.2) is 42.5 Å². The molecule has 0 fully saturated rings. The van der Waals surface area contributed by atoms with Crippen LogP contribution < -0.4 is 19.5 Å². The summed E-state index contributed by atoms with van der Waals surface area (Å²) in [6.45, 7) is 2.29. The fourth-order valence-electron chi connectivity index (χ4n) is 2.14. The molecule has 0 saturated heterocycles. The van der Waals surface area contributed by atoms with Crippen molar-refractivity contribution in [2.45, 2.75) is 13.5 Å². The molecule has 0 aromatic heterocycles. The van der Waals surface area contributed by atoms with Crippen LogP contribution in [0.2, 0.25) is 0 Å². The van der Waals surface area contributed by atoms with E-state index in [4.69, 9.17) is 14.2 Å².